The van der Waals surface area contributed by atoms with E-state index in [1.165, 1.54) is 97.7 Å². The molecule has 0 rings (SSSR count). The van der Waals surface area contributed by atoms with Crippen LogP contribution in [0.4, 0.5) is 0 Å². The van der Waals surface area contributed by atoms with Gasteiger partial charge in [-0.05, 0) is 12.8 Å². The Balaban J connectivity index is 3.23. The van der Waals surface area contributed by atoms with E-state index < -0.39 is 7.60 Å². The van der Waals surface area contributed by atoms with Gasteiger partial charge in [0, 0.05) is 20.0 Å². The third kappa shape index (κ3) is 15.4. The molecule has 4 heteroatoms. The van der Waals surface area contributed by atoms with Gasteiger partial charge >= 0.3 is 7.60 Å². The SMILES string of the molecule is CCCCCCCCCCCCCCCCC=CP(=O)(OC)OC. The number of hydrogen-bond acceptors (Lipinski definition) is 3. The maximum atomic E-state index is 11.8. The Bertz CT molecular complexity index is 321. The Morgan fingerprint density at radius 3 is 1.42 bits per heavy atom. The third-order valence-electron chi connectivity index (χ3n) is 4.52. The Hall–Kier alpha value is -0.110. The molecule has 24 heavy (non-hydrogen) atoms. The van der Waals surface area contributed by atoms with E-state index in [-0.39, 0.29) is 0 Å². The molecule has 0 aromatic heterocycles. The monoisotopic (exact) mass is 360 g/mol. The lowest BCUT2D eigenvalue weighted by Crippen LogP contribution is -1.84. The predicted octanol–water partition coefficient (Wildman–Crippen LogP) is 7.86. The van der Waals surface area contributed by atoms with E-state index in [1.807, 2.05) is 6.08 Å². The quantitative estimate of drug-likeness (QED) is 0.184. The maximum absolute atomic E-state index is 11.8. The van der Waals surface area contributed by atoms with E-state index in [2.05, 4.69) is 6.92 Å². The summed E-state index contributed by atoms with van der Waals surface area (Å²) in [5.74, 6) is 1.58. The second-order valence-electron chi connectivity index (χ2n) is 6.67. The zero-order chi connectivity index (χ0) is 17.9. The zero-order valence-corrected chi connectivity index (χ0v) is 17.3. The van der Waals surface area contributed by atoms with Crippen LogP contribution in [0.1, 0.15) is 103 Å². The Kier molecular flexibility index (Phi) is 17.6. The van der Waals surface area contributed by atoms with E-state index in [0.717, 1.165) is 12.8 Å². The fourth-order valence-electron chi connectivity index (χ4n) is 2.86. The first kappa shape index (κ1) is 23.9. The second kappa shape index (κ2) is 17.7. The molecular weight excluding hydrogens is 319 g/mol. The highest BCUT2D eigenvalue weighted by Gasteiger charge is 2.14. The first-order valence-electron chi connectivity index (χ1n) is 10.1. The summed E-state index contributed by atoms with van der Waals surface area (Å²) in [5.41, 5.74) is 0. The van der Waals surface area contributed by atoms with Crippen LogP contribution in [0, 0.1) is 0 Å². The molecule has 0 atom stereocenters. The van der Waals surface area contributed by atoms with Crippen LogP contribution in [0.2, 0.25) is 0 Å². The molecule has 144 valence electrons. The molecule has 0 aromatic rings. The van der Waals surface area contributed by atoms with Crippen molar-refractivity contribution < 1.29 is 13.6 Å². The van der Waals surface area contributed by atoms with Crippen molar-refractivity contribution in [2.75, 3.05) is 14.2 Å². The van der Waals surface area contributed by atoms with Crippen LogP contribution in [0.15, 0.2) is 11.9 Å². The molecule has 0 aliphatic carbocycles. The fourth-order valence-corrected chi connectivity index (χ4v) is 3.66. The van der Waals surface area contributed by atoms with Gasteiger partial charge in [0.25, 0.3) is 0 Å². The van der Waals surface area contributed by atoms with Crippen LogP contribution in [-0.2, 0) is 13.6 Å². The maximum Gasteiger partial charge on any atom is 0.353 e. The normalized spacial score (nSPS) is 12.3. The summed E-state index contributed by atoms with van der Waals surface area (Å²) in [6.07, 6.45) is 22.1. The average molecular weight is 361 g/mol. The summed E-state index contributed by atoms with van der Waals surface area (Å²) in [6.45, 7) is 2.28. The standard InChI is InChI=1S/C20H41O3P/c1-4-5-6-7-8-9-10-11-12-13-14-15-16-17-18-19-20-24(21,22-2)23-3/h19-20H,4-18H2,1-3H3. The summed E-state index contributed by atoms with van der Waals surface area (Å²) >= 11 is 0. The number of unbranched alkanes of at least 4 members (excludes halogenated alkanes) is 14. The van der Waals surface area contributed by atoms with Gasteiger partial charge in [-0.25, -0.2) is 0 Å². The topological polar surface area (TPSA) is 35.5 Å². The van der Waals surface area contributed by atoms with Gasteiger partial charge < -0.3 is 9.05 Å². The smallest absolute Gasteiger partial charge is 0.309 e. The predicted molar refractivity (Wildman–Crippen MR) is 106 cm³/mol. The van der Waals surface area contributed by atoms with Crippen molar-refractivity contribution in [2.45, 2.75) is 103 Å². The van der Waals surface area contributed by atoms with Gasteiger partial charge in [0.15, 0.2) is 0 Å². The van der Waals surface area contributed by atoms with Crippen LogP contribution in [0.5, 0.6) is 0 Å². The lowest BCUT2D eigenvalue weighted by atomic mass is 10.0. The van der Waals surface area contributed by atoms with E-state index in [9.17, 15) is 4.57 Å². The Morgan fingerprint density at radius 1 is 0.667 bits per heavy atom. The molecule has 0 aromatic carbocycles. The minimum absolute atomic E-state index is 0.953. The van der Waals surface area contributed by atoms with Crippen molar-refractivity contribution in [3.8, 4) is 0 Å². The number of hydrogen-bond donors (Lipinski definition) is 0. The van der Waals surface area contributed by atoms with Crippen LogP contribution in [0.25, 0.3) is 0 Å². The molecule has 0 heterocycles. The van der Waals surface area contributed by atoms with Gasteiger partial charge in [-0.3, -0.25) is 4.57 Å². The molecule has 0 saturated heterocycles. The van der Waals surface area contributed by atoms with Gasteiger partial charge in [0.05, 0.1) is 0 Å². The van der Waals surface area contributed by atoms with Crippen LogP contribution in [-0.4, -0.2) is 14.2 Å². The molecule has 0 unspecified atom stereocenters. The largest absolute Gasteiger partial charge is 0.353 e. The molecule has 0 saturated carbocycles. The summed E-state index contributed by atoms with van der Waals surface area (Å²) in [4.78, 5) is 0. The minimum Gasteiger partial charge on any atom is -0.309 e. The molecule has 0 bridgehead atoms. The van der Waals surface area contributed by atoms with E-state index in [1.54, 1.807) is 5.82 Å². The van der Waals surface area contributed by atoms with Crippen LogP contribution in [0.3, 0.4) is 0 Å². The van der Waals surface area contributed by atoms with Crippen molar-refractivity contribution in [3.63, 3.8) is 0 Å². The first-order chi connectivity index (χ1) is 11.7. The summed E-state index contributed by atoms with van der Waals surface area (Å²) in [7, 11) is -0.114. The van der Waals surface area contributed by atoms with E-state index in [0.29, 0.717) is 0 Å². The van der Waals surface area contributed by atoms with Crippen molar-refractivity contribution in [2.24, 2.45) is 0 Å². The lowest BCUT2D eigenvalue weighted by Gasteiger charge is -2.07. The fraction of sp³-hybridized carbons (Fsp3) is 0.900. The molecule has 0 amide bonds. The van der Waals surface area contributed by atoms with Gasteiger partial charge in [-0.1, -0.05) is 96.5 Å². The molecule has 0 spiro atoms. The summed E-state index contributed by atoms with van der Waals surface area (Å²) < 4.78 is 21.5. The molecule has 0 N–H and O–H groups in total. The number of allylic oxidation sites excluding steroid dienone is 1. The van der Waals surface area contributed by atoms with Gasteiger partial charge in [0.1, 0.15) is 0 Å². The zero-order valence-electron chi connectivity index (χ0n) is 16.4. The van der Waals surface area contributed by atoms with E-state index in [4.69, 9.17) is 9.05 Å². The second-order valence-corrected chi connectivity index (χ2v) is 8.78. The van der Waals surface area contributed by atoms with Gasteiger partial charge in [-0.2, -0.15) is 0 Å². The molecular formula is C20H41O3P. The van der Waals surface area contributed by atoms with Crippen molar-refractivity contribution in [1.82, 2.24) is 0 Å². The lowest BCUT2D eigenvalue weighted by molar-refractivity contribution is 0.286. The third-order valence-corrected chi connectivity index (χ3v) is 6.12. The molecule has 3 nitrogen and oxygen atoms in total. The molecule has 0 aliphatic heterocycles. The van der Waals surface area contributed by atoms with Gasteiger partial charge in [-0.15, -0.1) is 0 Å². The Morgan fingerprint density at radius 2 is 1.04 bits per heavy atom. The highest BCUT2D eigenvalue weighted by atomic mass is 31.2. The average Bonchev–Trinajstić information content (AvgIpc) is 2.61. The van der Waals surface area contributed by atoms with Gasteiger partial charge in [0.2, 0.25) is 0 Å². The molecule has 0 fully saturated rings. The van der Waals surface area contributed by atoms with Crippen molar-refractivity contribution in [3.05, 3.63) is 11.9 Å². The van der Waals surface area contributed by atoms with Crippen LogP contribution < -0.4 is 0 Å². The molecule has 0 aliphatic rings. The summed E-state index contributed by atoms with van der Waals surface area (Å²) in [5, 5.41) is 0. The van der Waals surface area contributed by atoms with Crippen molar-refractivity contribution in [1.29, 1.82) is 0 Å². The van der Waals surface area contributed by atoms with Crippen LogP contribution >= 0.6 is 7.60 Å². The highest BCUT2D eigenvalue weighted by Crippen LogP contribution is 2.47. The minimum atomic E-state index is -2.95. The Labute approximate surface area is 151 Å². The van der Waals surface area contributed by atoms with Crippen molar-refractivity contribution >= 4 is 7.60 Å². The van der Waals surface area contributed by atoms with E-state index >= 15 is 0 Å². The number of rotatable bonds is 18. The highest BCUT2D eigenvalue weighted by molar-refractivity contribution is 7.57. The summed E-state index contributed by atoms with van der Waals surface area (Å²) in [6, 6.07) is 0. The first-order valence-corrected chi connectivity index (χ1v) is 11.7. The molecule has 0 radical (unpaired) electrons.